The predicted molar refractivity (Wildman–Crippen MR) is 91.1 cm³/mol. The molecule has 2 saturated carbocycles. The Bertz CT molecular complexity index is 579. The van der Waals surface area contributed by atoms with Gasteiger partial charge in [-0.3, -0.25) is 14.3 Å². The number of nitrogens with zero attached hydrogens (tertiary/aromatic N) is 2. The maximum Gasteiger partial charge on any atom is 0.241 e. The molecule has 0 unspecified atom stereocenters. The lowest BCUT2D eigenvalue weighted by Gasteiger charge is -2.16. The first-order valence-electron chi connectivity index (χ1n) is 8.98. The summed E-state index contributed by atoms with van der Waals surface area (Å²) < 4.78 is 1.56. The second-order valence-corrected chi connectivity index (χ2v) is 7.00. The van der Waals surface area contributed by atoms with Crippen LogP contribution in [0.15, 0.2) is 12.4 Å². The molecule has 0 spiro atoms. The van der Waals surface area contributed by atoms with Crippen molar-refractivity contribution in [2.75, 3.05) is 11.9 Å². The molecule has 132 valence electrons. The summed E-state index contributed by atoms with van der Waals surface area (Å²) in [5.41, 5.74) is 6.38. The van der Waals surface area contributed by atoms with Gasteiger partial charge in [-0.1, -0.05) is 19.3 Å². The quantitative estimate of drug-likeness (QED) is 0.729. The molecule has 24 heavy (non-hydrogen) atoms. The van der Waals surface area contributed by atoms with Crippen molar-refractivity contribution >= 4 is 17.5 Å². The summed E-state index contributed by atoms with van der Waals surface area (Å²) in [7, 11) is 0. The lowest BCUT2D eigenvalue weighted by molar-refractivity contribution is -0.122. The molecular weight excluding hydrogens is 306 g/mol. The van der Waals surface area contributed by atoms with Crippen molar-refractivity contribution in [3.05, 3.63) is 12.4 Å². The second kappa shape index (κ2) is 7.79. The third-order valence-electron chi connectivity index (χ3n) is 5.23. The Morgan fingerprint density at radius 2 is 2.00 bits per heavy atom. The molecule has 7 nitrogen and oxygen atoms in total. The van der Waals surface area contributed by atoms with E-state index in [9.17, 15) is 9.59 Å². The zero-order valence-corrected chi connectivity index (χ0v) is 14.0. The molecule has 0 bridgehead atoms. The van der Waals surface area contributed by atoms with E-state index in [2.05, 4.69) is 15.7 Å². The molecule has 1 heterocycles. The first kappa shape index (κ1) is 17.0. The van der Waals surface area contributed by atoms with Crippen molar-refractivity contribution in [3.63, 3.8) is 0 Å². The number of hydrogen-bond donors (Lipinski definition) is 3. The van der Waals surface area contributed by atoms with Crippen LogP contribution in [0.2, 0.25) is 0 Å². The largest absolute Gasteiger partial charge is 0.352 e. The van der Waals surface area contributed by atoms with E-state index in [0.717, 1.165) is 32.1 Å². The molecule has 3 rings (SSSR count). The molecule has 2 aliphatic rings. The minimum Gasteiger partial charge on any atom is -0.352 e. The van der Waals surface area contributed by atoms with Gasteiger partial charge in [-0.15, -0.1) is 0 Å². The molecule has 2 amide bonds. The summed E-state index contributed by atoms with van der Waals surface area (Å²) in [6.45, 7) is 0.736. The fraction of sp³-hybridized carbons (Fsp3) is 0.706. The Hall–Kier alpha value is -1.89. The molecule has 2 atom stereocenters. The molecule has 0 saturated heterocycles. The van der Waals surface area contributed by atoms with E-state index in [-0.39, 0.29) is 30.2 Å². The number of aromatic nitrogens is 2. The van der Waals surface area contributed by atoms with Crippen LogP contribution >= 0.6 is 0 Å². The van der Waals surface area contributed by atoms with Crippen LogP contribution in [0.4, 0.5) is 5.69 Å². The Kier molecular flexibility index (Phi) is 5.50. The maximum atomic E-state index is 12.4. The summed E-state index contributed by atoms with van der Waals surface area (Å²) in [6, 6.07) is 0.308. The third-order valence-corrected chi connectivity index (χ3v) is 5.23. The van der Waals surface area contributed by atoms with Crippen LogP contribution in [0.25, 0.3) is 0 Å². The zero-order valence-electron chi connectivity index (χ0n) is 14.0. The Labute approximate surface area is 142 Å². The average molecular weight is 333 g/mol. The third kappa shape index (κ3) is 4.14. The smallest absolute Gasteiger partial charge is 0.241 e. The van der Waals surface area contributed by atoms with Gasteiger partial charge in [0.25, 0.3) is 0 Å². The molecule has 2 aliphatic carbocycles. The van der Waals surface area contributed by atoms with Crippen LogP contribution in [0.1, 0.15) is 44.9 Å². The first-order chi connectivity index (χ1) is 11.7. The van der Waals surface area contributed by atoms with Gasteiger partial charge in [-0.2, -0.15) is 5.10 Å². The van der Waals surface area contributed by atoms with E-state index in [4.69, 9.17) is 5.73 Å². The summed E-state index contributed by atoms with van der Waals surface area (Å²) in [6.07, 6.45) is 10.8. The van der Waals surface area contributed by atoms with Gasteiger partial charge in [-0.05, 0) is 38.1 Å². The van der Waals surface area contributed by atoms with Gasteiger partial charge in [0.2, 0.25) is 11.8 Å². The number of carbonyl (C=O) groups is 2. The van der Waals surface area contributed by atoms with Crippen molar-refractivity contribution in [2.24, 2.45) is 17.6 Å². The second-order valence-electron chi connectivity index (χ2n) is 7.00. The van der Waals surface area contributed by atoms with E-state index in [1.165, 1.54) is 12.8 Å². The molecular formula is C17H27N5O2. The number of carbonyl (C=O) groups excluding carboxylic acids is 2. The van der Waals surface area contributed by atoms with Crippen molar-refractivity contribution in [1.29, 1.82) is 0 Å². The monoisotopic (exact) mass is 333 g/mol. The van der Waals surface area contributed by atoms with Crippen LogP contribution in [0, 0.1) is 11.8 Å². The van der Waals surface area contributed by atoms with E-state index >= 15 is 0 Å². The van der Waals surface area contributed by atoms with Crippen LogP contribution in [-0.2, 0) is 16.1 Å². The normalized spacial score (nSPS) is 24.2. The van der Waals surface area contributed by atoms with Gasteiger partial charge in [0.15, 0.2) is 0 Å². The molecule has 0 radical (unpaired) electrons. The van der Waals surface area contributed by atoms with Crippen molar-refractivity contribution in [3.8, 4) is 0 Å². The molecule has 2 fully saturated rings. The molecule has 0 aliphatic heterocycles. The SMILES string of the molecule is NC[C@H]1CCC[C@H]1C(=O)Nc1cnn(CC(=O)NC2CCCC2)c1. The van der Waals surface area contributed by atoms with E-state index in [0.29, 0.717) is 18.3 Å². The first-order valence-corrected chi connectivity index (χ1v) is 8.98. The van der Waals surface area contributed by atoms with Crippen LogP contribution in [0.3, 0.4) is 0 Å². The van der Waals surface area contributed by atoms with Crippen LogP contribution in [0.5, 0.6) is 0 Å². The highest BCUT2D eigenvalue weighted by molar-refractivity contribution is 5.92. The standard InChI is InChI=1S/C17H27N5O2/c18-8-12-4-3-7-15(12)17(24)21-14-9-19-22(10-14)11-16(23)20-13-5-1-2-6-13/h9-10,12-13,15H,1-8,11,18H2,(H,20,23)(H,21,24)/t12-,15-/m1/s1. The van der Waals surface area contributed by atoms with Gasteiger partial charge in [0, 0.05) is 18.2 Å². The minimum absolute atomic E-state index is 0.0102. The van der Waals surface area contributed by atoms with Crippen molar-refractivity contribution in [1.82, 2.24) is 15.1 Å². The molecule has 1 aromatic heterocycles. The van der Waals surface area contributed by atoms with Crippen LogP contribution in [-0.4, -0.2) is 34.2 Å². The summed E-state index contributed by atoms with van der Waals surface area (Å²) >= 11 is 0. The highest BCUT2D eigenvalue weighted by Crippen LogP contribution is 2.31. The lowest BCUT2D eigenvalue weighted by Crippen LogP contribution is -2.35. The Morgan fingerprint density at radius 3 is 2.75 bits per heavy atom. The molecule has 0 aromatic carbocycles. The summed E-state index contributed by atoms with van der Waals surface area (Å²) in [5.74, 6) is 0.251. The number of nitrogens with one attached hydrogen (secondary N) is 2. The highest BCUT2D eigenvalue weighted by Gasteiger charge is 2.32. The number of rotatable bonds is 6. The van der Waals surface area contributed by atoms with Gasteiger partial charge in [0.05, 0.1) is 11.9 Å². The fourth-order valence-corrected chi connectivity index (χ4v) is 3.90. The predicted octanol–water partition coefficient (Wildman–Crippen LogP) is 1.26. The highest BCUT2D eigenvalue weighted by atomic mass is 16.2. The Balaban J connectivity index is 1.49. The summed E-state index contributed by atoms with van der Waals surface area (Å²) in [4.78, 5) is 24.4. The van der Waals surface area contributed by atoms with Gasteiger partial charge < -0.3 is 16.4 Å². The average Bonchev–Trinajstić information content (AvgIpc) is 3.28. The van der Waals surface area contributed by atoms with Gasteiger partial charge >= 0.3 is 0 Å². The maximum absolute atomic E-state index is 12.4. The van der Waals surface area contributed by atoms with Crippen molar-refractivity contribution in [2.45, 2.75) is 57.5 Å². The minimum atomic E-state index is -0.0261. The number of hydrogen-bond acceptors (Lipinski definition) is 4. The zero-order chi connectivity index (χ0) is 16.9. The molecule has 7 heteroatoms. The van der Waals surface area contributed by atoms with Gasteiger partial charge in [-0.25, -0.2) is 0 Å². The molecule has 1 aromatic rings. The molecule has 4 N–H and O–H groups in total. The number of amides is 2. The summed E-state index contributed by atoms with van der Waals surface area (Å²) in [5, 5.41) is 10.1. The number of nitrogens with two attached hydrogens (primary N) is 1. The number of anilines is 1. The van der Waals surface area contributed by atoms with E-state index < -0.39 is 0 Å². The van der Waals surface area contributed by atoms with Crippen LogP contribution < -0.4 is 16.4 Å². The van der Waals surface area contributed by atoms with Gasteiger partial charge in [0.1, 0.15) is 6.54 Å². The topological polar surface area (TPSA) is 102 Å². The fourth-order valence-electron chi connectivity index (χ4n) is 3.90. The van der Waals surface area contributed by atoms with E-state index in [1.54, 1.807) is 17.1 Å². The van der Waals surface area contributed by atoms with E-state index in [1.807, 2.05) is 0 Å². The Morgan fingerprint density at radius 1 is 1.21 bits per heavy atom. The van der Waals surface area contributed by atoms with Crippen molar-refractivity contribution < 1.29 is 9.59 Å². The lowest BCUT2D eigenvalue weighted by atomic mass is 9.95.